The van der Waals surface area contributed by atoms with Crippen LogP contribution in [0.15, 0.2) is 12.3 Å². The summed E-state index contributed by atoms with van der Waals surface area (Å²) < 4.78 is 4.25. The molecule has 0 atom stereocenters. The van der Waals surface area contributed by atoms with Gasteiger partial charge in [0.15, 0.2) is 5.69 Å². The molecule has 0 bridgehead atoms. The molecule has 0 spiro atoms. The van der Waals surface area contributed by atoms with Crippen LogP contribution in [0.25, 0.3) is 0 Å². The Bertz CT molecular complexity index is 314. The van der Waals surface area contributed by atoms with Crippen LogP contribution in [0.2, 0.25) is 0 Å². The van der Waals surface area contributed by atoms with E-state index in [1.807, 2.05) is 0 Å². The van der Waals surface area contributed by atoms with Crippen molar-refractivity contribution >= 4 is 11.9 Å². The summed E-state index contributed by atoms with van der Waals surface area (Å²) in [6.07, 6.45) is 1.33. The van der Waals surface area contributed by atoms with E-state index in [1.165, 1.54) is 12.3 Å². The van der Waals surface area contributed by atoms with Crippen LogP contribution in [0.1, 0.15) is 20.8 Å². The van der Waals surface area contributed by atoms with Crippen molar-refractivity contribution in [3.05, 3.63) is 23.5 Å². The number of ether oxygens (including phenoxy) is 1. The van der Waals surface area contributed by atoms with Gasteiger partial charge in [-0.15, -0.1) is 5.10 Å². The lowest BCUT2D eigenvalue weighted by atomic mass is 10.2. The quantitative estimate of drug-likeness (QED) is 0.378. The Morgan fingerprint density at radius 1 is 1.27 bits per heavy atom. The fourth-order valence-electron chi connectivity index (χ4n) is 0.835. The monoisotopic (exact) mass is 150 g/mol. The van der Waals surface area contributed by atoms with Gasteiger partial charge in [-0.05, 0) is 6.07 Å². The van der Waals surface area contributed by atoms with E-state index in [9.17, 15) is 9.59 Å². The molecule has 1 aliphatic rings. The molecule has 11 heavy (non-hydrogen) atoms. The first kappa shape index (κ1) is 5.96. The molecule has 1 aromatic heterocycles. The molecule has 0 aromatic carbocycles. The molecule has 5 heteroatoms. The molecule has 1 aliphatic heterocycles. The molecule has 0 saturated carbocycles. The van der Waals surface area contributed by atoms with Gasteiger partial charge in [0.05, 0.1) is 11.8 Å². The number of rotatable bonds is 0. The third-order valence-electron chi connectivity index (χ3n) is 1.32. The van der Waals surface area contributed by atoms with E-state index in [0.717, 1.165) is 0 Å². The van der Waals surface area contributed by atoms with E-state index in [4.69, 9.17) is 0 Å². The predicted octanol–water partition coefficient (Wildman–Crippen LogP) is -0.213. The first-order valence-corrected chi connectivity index (χ1v) is 2.87. The van der Waals surface area contributed by atoms with Crippen molar-refractivity contribution in [3.8, 4) is 0 Å². The van der Waals surface area contributed by atoms with Gasteiger partial charge in [0.25, 0.3) is 0 Å². The number of aromatic nitrogens is 2. The van der Waals surface area contributed by atoms with E-state index < -0.39 is 11.9 Å². The van der Waals surface area contributed by atoms with E-state index in [0.29, 0.717) is 0 Å². The van der Waals surface area contributed by atoms with Gasteiger partial charge >= 0.3 is 11.9 Å². The van der Waals surface area contributed by atoms with Gasteiger partial charge in [0.1, 0.15) is 0 Å². The van der Waals surface area contributed by atoms with Crippen LogP contribution in [-0.4, -0.2) is 22.1 Å². The van der Waals surface area contributed by atoms with Crippen molar-refractivity contribution in [1.82, 2.24) is 10.2 Å². The molecular formula is C6H2N2O3. The first-order valence-electron chi connectivity index (χ1n) is 2.87. The number of nitrogens with zero attached hydrogens (tertiary/aromatic N) is 2. The molecule has 2 rings (SSSR count). The van der Waals surface area contributed by atoms with Crippen molar-refractivity contribution in [1.29, 1.82) is 0 Å². The molecule has 0 aliphatic carbocycles. The van der Waals surface area contributed by atoms with Gasteiger partial charge in [0.2, 0.25) is 0 Å². The normalized spacial score (nSPS) is 14.5. The summed E-state index contributed by atoms with van der Waals surface area (Å²) >= 11 is 0. The van der Waals surface area contributed by atoms with Gasteiger partial charge in [0, 0.05) is 0 Å². The highest BCUT2D eigenvalue weighted by molar-refractivity contribution is 6.13. The highest BCUT2D eigenvalue weighted by Gasteiger charge is 2.31. The van der Waals surface area contributed by atoms with Crippen molar-refractivity contribution < 1.29 is 14.3 Å². The molecule has 5 nitrogen and oxygen atoms in total. The zero-order valence-corrected chi connectivity index (χ0v) is 5.27. The highest BCUT2D eigenvalue weighted by atomic mass is 16.6. The lowest BCUT2D eigenvalue weighted by Crippen LogP contribution is -1.98. The average molecular weight is 150 g/mol. The van der Waals surface area contributed by atoms with Crippen LogP contribution in [0.3, 0.4) is 0 Å². The third kappa shape index (κ3) is 0.706. The number of hydrogen-bond acceptors (Lipinski definition) is 5. The topological polar surface area (TPSA) is 69.2 Å². The fourth-order valence-corrected chi connectivity index (χ4v) is 0.835. The average Bonchev–Trinajstić information content (AvgIpc) is 2.30. The van der Waals surface area contributed by atoms with Gasteiger partial charge in [-0.3, -0.25) is 0 Å². The molecule has 54 valence electrons. The van der Waals surface area contributed by atoms with Gasteiger partial charge < -0.3 is 4.74 Å². The number of cyclic esters (lactones) is 2. The maximum atomic E-state index is 10.8. The Balaban J connectivity index is 2.69. The van der Waals surface area contributed by atoms with Crippen molar-refractivity contribution in [2.24, 2.45) is 0 Å². The lowest BCUT2D eigenvalue weighted by Gasteiger charge is -1.84. The number of carbonyl (C=O) groups is 2. The van der Waals surface area contributed by atoms with Crippen LogP contribution < -0.4 is 0 Å². The van der Waals surface area contributed by atoms with Crippen LogP contribution in [0.4, 0.5) is 0 Å². The second-order valence-corrected chi connectivity index (χ2v) is 1.97. The number of fused-ring (bicyclic) bond motifs is 1. The molecule has 0 fully saturated rings. The maximum Gasteiger partial charge on any atom is 0.367 e. The molecule has 0 radical (unpaired) electrons. The molecule has 1 aromatic rings. The van der Waals surface area contributed by atoms with Crippen LogP contribution in [-0.2, 0) is 4.74 Å². The second-order valence-electron chi connectivity index (χ2n) is 1.97. The van der Waals surface area contributed by atoms with Crippen molar-refractivity contribution in [2.75, 3.05) is 0 Å². The molecule has 0 amide bonds. The number of hydrogen-bond donors (Lipinski definition) is 0. The first-order chi connectivity index (χ1) is 5.29. The summed E-state index contributed by atoms with van der Waals surface area (Å²) in [6, 6.07) is 1.40. The lowest BCUT2D eigenvalue weighted by molar-refractivity contribution is 0.0441. The summed E-state index contributed by atoms with van der Waals surface area (Å²) in [5, 5.41) is 6.88. The Hall–Kier alpha value is -1.78. The SMILES string of the molecule is O=C1OC(=O)c2nnccc21. The molecular weight excluding hydrogens is 148 g/mol. The Morgan fingerprint density at radius 2 is 2.09 bits per heavy atom. The smallest absolute Gasteiger partial charge is 0.367 e. The van der Waals surface area contributed by atoms with E-state index in [2.05, 4.69) is 14.9 Å². The van der Waals surface area contributed by atoms with E-state index in [-0.39, 0.29) is 11.3 Å². The van der Waals surface area contributed by atoms with Crippen LogP contribution in [0.5, 0.6) is 0 Å². The number of esters is 2. The fraction of sp³-hybridized carbons (Fsp3) is 0. The summed E-state index contributed by atoms with van der Waals surface area (Å²) in [5.41, 5.74) is 0.183. The largest absolute Gasteiger partial charge is 0.384 e. The summed E-state index contributed by atoms with van der Waals surface area (Å²) in [6.45, 7) is 0. The molecule has 0 N–H and O–H groups in total. The highest BCUT2D eigenvalue weighted by Crippen LogP contribution is 2.14. The zero-order valence-electron chi connectivity index (χ0n) is 5.27. The Kier molecular flexibility index (Phi) is 1.00. The summed E-state index contributed by atoms with van der Waals surface area (Å²) in [7, 11) is 0. The second kappa shape index (κ2) is 1.85. The minimum atomic E-state index is -0.724. The zero-order chi connectivity index (χ0) is 7.84. The Morgan fingerprint density at radius 3 is 2.82 bits per heavy atom. The van der Waals surface area contributed by atoms with Gasteiger partial charge in [-0.2, -0.15) is 5.10 Å². The summed E-state index contributed by atoms with van der Waals surface area (Å²) in [5.74, 6) is -1.38. The van der Waals surface area contributed by atoms with Crippen molar-refractivity contribution in [2.45, 2.75) is 0 Å². The predicted molar refractivity (Wildman–Crippen MR) is 31.8 cm³/mol. The Labute approximate surface area is 61.0 Å². The minimum absolute atomic E-state index is 0.00231. The maximum absolute atomic E-state index is 10.8. The standard InChI is InChI=1S/C6H2N2O3/c9-5-3-1-2-7-8-4(3)6(10)11-5/h1-2H. The van der Waals surface area contributed by atoms with Crippen molar-refractivity contribution in [3.63, 3.8) is 0 Å². The molecule has 0 saturated heterocycles. The third-order valence-corrected chi connectivity index (χ3v) is 1.32. The summed E-state index contributed by atoms with van der Waals surface area (Å²) in [4.78, 5) is 21.5. The van der Waals surface area contributed by atoms with Crippen LogP contribution in [0, 0.1) is 0 Å². The molecule has 2 heterocycles. The van der Waals surface area contributed by atoms with Crippen LogP contribution >= 0.6 is 0 Å². The van der Waals surface area contributed by atoms with E-state index >= 15 is 0 Å². The minimum Gasteiger partial charge on any atom is -0.384 e. The van der Waals surface area contributed by atoms with Gasteiger partial charge in [-0.25, -0.2) is 9.59 Å². The van der Waals surface area contributed by atoms with E-state index in [1.54, 1.807) is 0 Å². The number of carbonyl (C=O) groups excluding carboxylic acids is 2. The van der Waals surface area contributed by atoms with Gasteiger partial charge in [-0.1, -0.05) is 0 Å². The molecule has 0 unspecified atom stereocenters.